The average molecular weight is 241 g/mol. The van der Waals surface area contributed by atoms with E-state index in [1.807, 2.05) is 0 Å². The fourth-order valence-electron chi connectivity index (χ4n) is 1.20. The molecular weight excluding hydrogens is 222 g/mol. The summed E-state index contributed by atoms with van der Waals surface area (Å²) in [6.45, 7) is 3.60. The van der Waals surface area contributed by atoms with Crippen molar-refractivity contribution < 1.29 is 19.7 Å². The highest BCUT2D eigenvalue weighted by molar-refractivity contribution is 5.62. The lowest BCUT2D eigenvalue weighted by molar-refractivity contribution is 0.119. The van der Waals surface area contributed by atoms with E-state index in [1.54, 1.807) is 32.0 Å². The van der Waals surface area contributed by atoms with Gasteiger partial charge in [-0.1, -0.05) is 6.07 Å². The van der Waals surface area contributed by atoms with Gasteiger partial charge >= 0.3 is 0 Å². The van der Waals surface area contributed by atoms with E-state index in [4.69, 9.17) is 25.4 Å². The Hall–Kier alpha value is -1.46. The van der Waals surface area contributed by atoms with Crippen LogP contribution in [0.25, 0.3) is 0 Å². The third-order valence-corrected chi connectivity index (χ3v) is 1.99. The van der Waals surface area contributed by atoms with Crippen molar-refractivity contribution in [3.05, 3.63) is 18.2 Å². The lowest BCUT2D eigenvalue weighted by atomic mass is 10.2. The zero-order valence-electron chi connectivity index (χ0n) is 10.1. The minimum absolute atomic E-state index is 0.171. The molecule has 0 aliphatic carbocycles. The standard InChI is InChI=1S/C12H19NO4/c1-8(14)6-16-10-4-3-5-11(12(10)13)17-7-9(2)15/h3-5,8-9,14-15H,6-7,13H2,1-2H3. The average Bonchev–Trinajstić information content (AvgIpc) is 2.25. The van der Waals surface area contributed by atoms with Gasteiger partial charge in [-0.2, -0.15) is 0 Å². The van der Waals surface area contributed by atoms with Crippen LogP contribution in [0.1, 0.15) is 13.8 Å². The van der Waals surface area contributed by atoms with Crippen LogP contribution in [0.3, 0.4) is 0 Å². The molecule has 0 aliphatic rings. The van der Waals surface area contributed by atoms with Gasteiger partial charge in [-0.15, -0.1) is 0 Å². The molecule has 0 fully saturated rings. The maximum atomic E-state index is 9.12. The smallest absolute Gasteiger partial charge is 0.146 e. The van der Waals surface area contributed by atoms with Crippen molar-refractivity contribution in [2.45, 2.75) is 26.1 Å². The van der Waals surface area contributed by atoms with Crippen molar-refractivity contribution in [3.63, 3.8) is 0 Å². The van der Waals surface area contributed by atoms with E-state index in [-0.39, 0.29) is 13.2 Å². The van der Waals surface area contributed by atoms with E-state index in [2.05, 4.69) is 0 Å². The van der Waals surface area contributed by atoms with Gasteiger partial charge in [0.1, 0.15) is 30.4 Å². The predicted octanol–water partition coefficient (Wildman–Crippen LogP) is 0.788. The largest absolute Gasteiger partial charge is 0.489 e. The van der Waals surface area contributed by atoms with Gasteiger partial charge in [0.05, 0.1) is 12.2 Å². The first-order valence-electron chi connectivity index (χ1n) is 5.51. The highest BCUT2D eigenvalue weighted by atomic mass is 16.5. The number of nitrogens with two attached hydrogens (primary N) is 1. The topological polar surface area (TPSA) is 84.9 Å². The predicted molar refractivity (Wildman–Crippen MR) is 65.2 cm³/mol. The van der Waals surface area contributed by atoms with Crippen LogP contribution >= 0.6 is 0 Å². The van der Waals surface area contributed by atoms with Crippen molar-refractivity contribution in [2.24, 2.45) is 0 Å². The van der Waals surface area contributed by atoms with Crippen LogP contribution < -0.4 is 15.2 Å². The number of nitrogen functional groups attached to an aromatic ring is 1. The summed E-state index contributed by atoms with van der Waals surface area (Å²) >= 11 is 0. The van der Waals surface area contributed by atoms with Gasteiger partial charge in [0.2, 0.25) is 0 Å². The van der Waals surface area contributed by atoms with Crippen molar-refractivity contribution in [3.8, 4) is 11.5 Å². The minimum atomic E-state index is -0.559. The molecule has 0 radical (unpaired) electrons. The summed E-state index contributed by atoms with van der Waals surface area (Å²) in [7, 11) is 0. The Morgan fingerprint density at radius 3 is 1.82 bits per heavy atom. The molecule has 5 nitrogen and oxygen atoms in total. The van der Waals surface area contributed by atoms with Gasteiger partial charge in [0, 0.05) is 0 Å². The van der Waals surface area contributed by atoms with E-state index in [0.29, 0.717) is 17.2 Å². The van der Waals surface area contributed by atoms with Crippen LogP contribution in [-0.4, -0.2) is 35.6 Å². The summed E-state index contributed by atoms with van der Waals surface area (Å²) in [5.41, 5.74) is 6.21. The van der Waals surface area contributed by atoms with E-state index >= 15 is 0 Å². The molecule has 2 unspecified atom stereocenters. The molecule has 0 saturated heterocycles. The molecular formula is C12H19NO4. The monoisotopic (exact) mass is 241 g/mol. The number of benzene rings is 1. The molecule has 1 aromatic rings. The van der Waals surface area contributed by atoms with Gasteiger partial charge in [-0.3, -0.25) is 0 Å². The summed E-state index contributed by atoms with van der Waals surface area (Å²) < 4.78 is 10.7. The first-order valence-corrected chi connectivity index (χ1v) is 5.51. The van der Waals surface area contributed by atoms with Crippen molar-refractivity contribution in [1.82, 2.24) is 0 Å². The number of anilines is 1. The molecule has 0 aromatic heterocycles. The number of rotatable bonds is 6. The number of ether oxygens (including phenoxy) is 2. The molecule has 2 atom stereocenters. The van der Waals surface area contributed by atoms with Crippen LogP contribution in [0.2, 0.25) is 0 Å². The molecule has 0 amide bonds. The number of aliphatic hydroxyl groups is 2. The molecule has 0 aliphatic heterocycles. The maximum absolute atomic E-state index is 9.12. The zero-order chi connectivity index (χ0) is 12.8. The molecule has 0 spiro atoms. The van der Waals surface area contributed by atoms with Crippen molar-refractivity contribution in [2.75, 3.05) is 18.9 Å². The Balaban J connectivity index is 2.69. The third-order valence-electron chi connectivity index (χ3n) is 1.99. The van der Waals surface area contributed by atoms with Crippen LogP contribution in [0.4, 0.5) is 5.69 Å². The van der Waals surface area contributed by atoms with E-state index in [0.717, 1.165) is 0 Å². The number of hydrogen-bond acceptors (Lipinski definition) is 5. The Labute approximate surface area is 101 Å². The zero-order valence-corrected chi connectivity index (χ0v) is 10.1. The number of aliphatic hydroxyl groups excluding tert-OH is 2. The fourth-order valence-corrected chi connectivity index (χ4v) is 1.20. The van der Waals surface area contributed by atoms with Gasteiger partial charge in [0.25, 0.3) is 0 Å². The lowest BCUT2D eigenvalue weighted by Crippen LogP contribution is -2.15. The van der Waals surface area contributed by atoms with Gasteiger partial charge in [-0.05, 0) is 26.0 Å². The summed E-state index contributed by atoms with van der Waals surface area (Å²) in [6.07, 6.45) is -1.12. The second-order valence-corrected chi connectivity index (χ2v) is 3.99. The van der Waals surface area contributed by atoms with Crippen LogP contribution in [0.15, 0.2) is 18.2 Å². The highest BCUT2D eigenvalue weighted by Crippen LogP contribution is 2.31. The van der Waals surface area contributed by atoms with Crippen LogP contribution in [0.5, 0.6) is 11.5 Å². The Kier molecular flexibility index (Phi) is 5.06. The maximum Gasteiger partial charge on any atom is 0.146 e. The third kappa shape index (κ3) is 4.50. The Bertz CT molecular complexity index is 322. The van der Waals surface area contributed by atoms with E-state index < -0.39 is 12.2 Å². The normalized spacial score (nSPS) is 14.1. The summed E-state index contributed by atoms with van der Waals surface area (Å²) in [6, 6.07) is 5.14. The minimum Gasteiger partial charge on any atom is -0.489 e. The Morgan fingerprint density at radius 1 is 1.06 bits per heavy atom. The second-order valence-electron chi connectivity index (χ2n) is 3.99. The lowest BCUT2D eigenvalue weighted by Gasteiger charge is -2.14. The highest BCUT2D eigenvalue weighted by Gasteiger charge is 2.09. The number of para-hydroxylation sites is 1. The molecule has 5 heteroatoms. The van der Waals surface area contributed by atoms with Gasteiger partial charge in [0.15, 0.2) is 0 Å². The number of hydrogen-bond donors (Lipinski definition) is 3. The van der Waals surface area contributed by atoms with Gasteiger partial charge < -0.3 is 25.4 Å². The summed E-state index contributed by atoms with van der Waals surface area (Å²) in [4.78, 5) is 0. The van der Waals surface area contributed by atoms with Crippen LogP contribution in [-0.2, 0) is 0 Å². The molecule has 0 bridgehead atoms. The molecule has 1 aromatic carbocycles. The summed E-state index contributed by atoms with van der Waals surface area (Å²) in [5, 5.41) is 18.2. The molecule has 1 rings (SSSR count). The van der Waals surface area contributed by atoms with Crippen molar-refractivity contribution in [1.29, 1.82) is 0 Å². The summed E-state index contributed by atoms with van der Waals surface area (Å²) in [5.74, 6) is 0.933. The fraction of sp³-hybridized carbons (Fsp3) is 0.500. The molecule has 17 heavy (non-hydrogen) atoms. The van der Waals surface area contributed by atoms with Crippen molar-refractivity contribution >= 4 is 5.69 Å². The molecule has 0 saturated carbocycles. The molecule has 0 heterocycles. The quantitative estimate of drug-likeness (QED) is 0.641. The van der Waals surface area contributed by atoms with Crippen LogP contribution in [0, 0.1) is 0 Å². The second kappa shape index (κ2) is 6.32. The Morgan fingerprint density at radius 2 is 1.47 bits per heavy atom. The van der Waals surface area contributed by atoms with Gasteiger partial charge in [-0.25, -0.2) is 0 Å². The van der Waals surface area contributed by atoms with E-state index in [9.17, 15) is 0 Å². The molecule has 96 valence electrons. The van der Waals surface area contributed by atoms with E-state index in [1.165, 1.54) is 0 Å². The first kappa shape index (κ1) is 13.6. The first-order chi connectivity index (χ1) is 8.00. The SMILES string of the molecule is CC(O)COc1cccc(OCC(C)O)c1N. The molecule has 4 N–H and O–H groups in total.